The summed E-state index contributed by atoms with van der Waals surface area (Å²) in [5.41, 5.74) is 2.52. The first-order valence-corrected chi connectivity index (χ1v) is 10.4. The number of hydrogen-bond acceptors (Lipinski definition) is 5. The first-order valence-electron chi connectivity index (χ1n) is 9.55. The van der Waals surface area contributed by atoms with Gasteiger partial charge >= 0.3 is 6.03 Å². The minimum Gasteiger partial charge on any atom is -0.351 e. The van der Waals surface area contributed by atoms with E-state index in [-0.39, 0.29) is 24.0 Å². The van der Waals surface area contributed by atoms with Gasteiger partial charge in [-0.2, -0.15) is 0 Å². The summed E-state index contributed by atoms with van der Waals surface area (Å²) in [4.78, 5) is 32.1. The number of thioether (sulfide) groups is 1. The standard InChI is InChI=1S/C20H21N5O2S/c26-18(23-12-5-4-9-21-11-12)17-16-15-14(8-10-22-19(15)28-17)25(20(27)24-16)13-6-2-1-3-7-13/h1-3,6-8,10,12,16-17,21H,4-5,9,11H2,(H,23,26)(H,24,27)/t12?,16?,17-/m1/s1. The average molecular weight is 395 g/mol. The molecular weight excluding hydrogens is 374 g/mol. The zero-order valence-electron chi connectivity index (χ0n) is 15.2. The molecule has 1 saturated heterocycles. The maximum Gasteiger partial charge on any atom is 0.327 e. The van der Waals surface area contributed by atoms with Gasteiger partial charge in [0.2, 0.25) is 5.91 Å². The Balaban J connectivity index is 1.45. The predicted molar refractivity (Wildman–Crippen MR) is 108 cm³/mol. The van der Waals surface area contributed by atoms with Gasteiger partial charge in [0.25, 0.3) is 0 Å². The minimum atomic E-state index is -0.410. The number of pyridine rings is 1. The second kappa shape index (κ2) is 7.10. The Morgan fingerprint density at radius 2 is 2.11 bits per heavy atom. The highest BCUT2D eigenvalue weighted by Gasteiger charge is 2.46. The molecule has 2 unspecified atom stereocenters. The SMILES string of the molecule is O=C(NC1CCCNC1)[C@@H]1Sc2nccc3c2C1NC(=O)N3c1ccccc1. The average Bonchev–Trinajstić information content (AvgIpc) is 3.09. The van der Waals surface area contributed by atoms with Crippen LogP contribution in [0, 0.1) is 0 Å². The molecule has 3 aliphatic rings. The molecule has 28 heavy (non-hydrogen) atoms. The van der Waals surface area contributed by atoms with Crippen molar-refractivity contribution in [2.75, 3.05) is 18.0 Å². The van der Waals surface area contributed by atoms with Crippen LogP contribution in [0.15, 0.2) is 47.6 Å². The predicted octanol–water partition coefficient (Wildman–Crippen LogP) is 2.33. The molecule has 1 aromatic heterocycles. The molecular formula is C20H21N5O2S. The summed E-state index contributed by atoms with van der Waals surface area (Å²) in [6.45, 7) is 1.79. The fourth-order valence-electron chi connectivity index (χ4n) is 4.12. The number of nitrogens with zero attached hydrogens (tertiary/aromatic N) is 2. The zero-order chi connectivity index (χ0) is 19.1. The third-order valence-electron chi connectivity index (χ3n) is 5.42. The molecule has 144 valence electrons. The summed E-state index contributed by atoms with van der Waals surface area (Å²) in [5.74, 6) is -0.0406. The lowest BCUT2D eigenvalue weighted by Gasteiger charge is -2.34. The van der Waals surface area contributed by atoms with Gasteiger partial charge in [-0.25, -0.2) is 9.78 Å². The molecule has 3 aliphatic heterocycles. The van der Waals surface area contributed by atoms with Gasteiger partial charge in [-0.3, -0.25) is 9.69 Å². The number of benzene rings is 1. The molecule has 0 spiro atoms. The van der Waals surface area contributed by atoms with Crippen molar-refractivity contribution in [3.63, 3.8) is 0 Å². The van der Waals surface area contributed by atoms with Gasteiger partial charge in [0, 0.05) is 24.3 Å². The van der Waals surface area contributed by atoms with Gasteiger partial charge in [-0.05, 0) is 37.6 Å². The maximum atomic E-state index is 13.0. The Morgan fingerprint density at radius 3 is 2.89 bits per heavy atom. The number of hydrogen-bond donors (Lipinski definition) is 3. The largest absolute Gasteiger partial charge is 0.351 e. The number of piperidine rings is 1. The third kappa shape index (κ3) is 2.93. The van der Waals surface area contributed by atoms with Gasteiger partial charge in [0.1, 0.15) is 10.3 Å². The van der Waals surface area contributed by atoms with Crippen LogP contribution >= 0.6 is 11.8 Å². The van der Waals surface area contributed by atoms with Gasteiger partial charge in [0.15, 0.2) is 0 Å². The fourth-order valence-corrected chi connectivity index (χ4v) is 5.35. The topological polar surface area (TPSA) is 86.4 Å². The monoisotopic (exact) mass is 395 g/mol. The van der Waals surface area contributed by atoms with Crippen LogP contribution in [0.2, 0.25) is 0 Å². The van der Waals surface area contributed by atoms with Crippen molar-refractivity contribution in [3.8, 4) is 0 Å². The summed E-state index contributed by atoms with van der Waals surface area (Å²) < 4.78 is 0. The second-order valence-electron chi connectivity index (χ2n) is 7.24. The van der Waals surface area contributed by atoms with Crippen LogP contribution in [-0.4, -0.2) is 41.3 Å². The highest BCUT2D eigenvalue weighted by molar-refractivity contribution is 8.01. The van der Waals surface area contributed by atoms with Crippen LogP contribution < -0.4 is 20.9 Å². The summed E-state index contributed by atoms with van der Waals surface area (Å²) >= 11 is 1.43. The van der Waals surface area contributed by atoms with Crippen LogP contribution in [-0.2, 0) is 4.79 Å². The van der Waals surface area contributed by atoms with E-state index in [1.54, 1.807) is 11.1 Å². The summed E-state index contributed by atoms with van der Waals surface area (Å²) in [6, 6.07) is 10.9. The van der Waals surface area contributed by atoms with E-state index < -0.39 is 5.25 Å². The molecule has 5 rings (SSSR count). The first-order chi connectivity index (χ1) is 13.7. The lowest BCUT2D eigenvalue weighted by Crippen LogP contribution is -2.52. The Labute approximate surface area is 167 Å². The van der Waals surface area contributed by atoms with Crippen molar-refractivity contribution in [1.29, 1.82) is 0 Å². The van der Waals surface area contributed by atoms with Crippen molar-refractivity contribution in [2.45, 2.75) is 35.2 Å². The van der Waals surface area contributed by atoms with Crippen LogP contribution in [0.1, 0.15) is 24.4 Å². The van der Waals surface area contributed by atoms with Crippen LogP contribution in [0.4, 0.5) is 16.2 Å². The van der Waals surface area contributed by atoms with E-state index in [1.807, 2.05) is 36.4 Å². The number of nitrogens with one attached hydrogen (secondary N) is 3. The number of carbonyl (C=O) groups excluding carboxylic acids is 2. The molecule has 0 saturated carbocycles. The normalized spacial score (nSPS) is 25.8. The smallest absolute Gasteiger partial charge is 0.327 e. The number of rotatable bonds is 3. The minimum absolute atomic E-state index is 0.0406. The Hall–Kier alpha value is -2.58. The summed E-state index contributed by atoms with van der Waals surface area (Å²) in [6.07, 6.45) is 3.74. The van der Waals surface area contributed by atoms with Crippen molar-refractivity contribution < 1.29 is 9.59 Å². The quantitative estimate of drug-likeness (QED) is 0.743. The van der Waals surface area contributed by atoms with Crippen LogP contribution in [0.5, 0.6) is 0 Å². The van der Waals surface area contributed by atoms with E-state index in [1.165, 1.54) is 11.8 Å². The van der Waals surface area contributed by atoms with E-state index in [9.17, 15) is 9.59 Å². The Morgan fingerprint density at radius 1 is 1.25 bits per heavy atom. The number of para-hydroxylation sites is 1. The fraction of sp³-hybridized carbons (Fsp3) is 0.350. The molecule has 8 heteroatoms. The number of carbonyl (C=O) groups is 2. The van der Waals surface area contributed by atoms with Gasteiger partial charge in [-0.1, -0.05) is 30.0 Å². The molecule has 1 fully saturated rings. The number of anilines is 2. The molecule has 0 aliphatic carbocycles. The molecule has 7 nitrogen and oxygen atoms in total. The second-order valence-corrected chi connectivity index (χ2v) is 8.37. The molecule has 2 aromatic rings. The molecule has 4 heterocycles. The van der Waals surface area contributed by atoms with E-state index in [2.05, 4.69) is 20.9 Å². The van der Waals surface area contributed by atoms with Gasteiger partial charge < -0.3 is 16.0 Å². The highest BCUT2D eigenvalue weighted by atomic mass is 32.2. The molecule has 1 aromatic carbocycles. The lowest BCUT2D eigenvalue weighted by molar-refractivity contribution is -0.121. The lowest BCUT2D eigenvalue weighted by atomic mass is 9.99. The summed E-state index contributed by atoms with van der Waals surface area (Å²) in [7, 11) is 0. The van der Waals surface area contributed by atoms with Crippen molar-refractivity contribution in [1.82, 2.24) is 20.9 Å². The van der Waals surface area contributed by atoms with Crippen LogP contribution in [0.3, 0.4) is 0 Å². The third-order valence-corrected chi connectivity index (χ3v) is 6.71. The highest BCUT2D eigenvalue weighted by Crippen LogP contribution is 2.50. The Bertz CT molecular complexity index is 916. The number of amides is 3. The first kappa shape index (κ1) is 17.5. The number of aromatic nitrogens is 1. The molecule has 0 radical (unpaired) electrons. The Kier molecular flexibility index (Phi) is 4.44. The molecule has 3 amide bonds. The summed E-state index contributed by atoms with van der Waals surface area (Å²) in [5, 5.41) is 9.90. The number of urea groups is 1. The van der Waals surface area contributed by atoms with Crippen molar-refractivity contribution in [2.24, 2.45) is 0 Å². The van der Waals surface area contributed by atoms with E-state index >= 15 is 0 Å². The zero-order valence-corrected chi connectivity index (χ0v) is 16.0. The van der Waals surface area contributed by atoms with E-state index in [0.717, 1.165) is 47.9 Å². The van der Waals surface area contributed by atoms with Crippen molar-refractivity contribution in [3.05, 3.63) is 48.2 Å². The molecule has 3 atom stereocenters. The van der Waals surface area contributed by atoms with Crippen LogP contribution in [0.25, 0.3) is 0 Å². The van der Waals surface area contributed by atoms with Gasteiger partial charge in [0.05, 0.1) is 17.4 Å². The molecule has 3 N–H and O–H groups in total. The molecule has 0 bridgehead atoms. The van der Waals surface area contributed by atoms with E-state index in [4.69, 9.17) is 0 Å². The van der Waals surface area contributed by atoms with Gasteiger partial charge in [-0.15, -0.1) is 0 Å². The van der Waals surface area contributed by atoms with E-state index in [0.29, 0.717) is 0 Å². The van der Waals surface area contributed by atoms with Crippen molar-refractivity contribution >= 4 is 35.1 Å². The maximum absolute atomic E-state index is 13.0.